The summed E-state index contributed by atoms with van der Waals surface area (Å²) in [4.78, 5) is 13.1. The maximum Gasteiger partial charge on any atom is 0.214 e. The Balaban J connectivity index is 1.67. The van der Waals surface area contributed by atoms with Gasteiger partial charge in [-0.3, -0.25) is 4.79 Å². The number of carbonyl (C=O) groups is 1. The molecule has 0 amide bonds. The number of benzene rings is 2. The summed E-state index contributed by atoms with van der Waals surface area (Å²) in [6.07, 6.45) is 2.70. The number of hydrogen-bond acceptors (Lipinski definition) is 6. The number of fused-ring (bicyclic) bond motifs is 1. The van der Waals surface area contributed by atoms with Gasteiger partial charge >= 0.3 is 0 Å². The van der Waals surface area contributed by atoms with E-state index in [1.807, 2.05) is 49.4 Å². The van der Waals surface area contributed by atoms with Crippen molar-refractivity contribution in [2.75, 3.05) is 7.11 Å². The molecular weight excluding hydrogens is 360 g/mol. The van der Waals surface area contributed by atoms with Gasteiger partial charge in [0.25, 0.3) is 0 Å². The predicted molar refractivity (Wildman–Crippen MR) is 104 cm³/mol. The molecule has 1 atom stereocenters. The molecule has 0 saturated heterocycles. The van der Waals surface area contributed by atoms with Crippen molar-refractivity contribution < 1.29 is 9.53 Å². The van der Waals surface area contributed by atoms with Gasteiger partial charge in [0.05, 0.1) is 12.4 Å². The minimum Gasteiger partial charge on any atom is -0.494 e. The number of aromatic nitrogens is 4. The predicted octanol–water partition coefficient (Wildman–Crippen LogP) is 3.66. The molecule has 2 aromatic carbocycles. The third-order valence-electron chi connectivity index (χ3n) is 4.74. The summed E-state index contributed by atoms with van der Waals surface area (Å²) < 4.78 is 7.12. The van der Waals surface area contributed by atoms with E-state index in [1.165, 1.54) is 11.8 Å². The third-order valence-corrected chi connectivity index (χ3v) is 5.94. The van der Waals surface area contributed by atoms with Gasteiger partial charge in [-0.2, -0.15) is 4.68 Å². The second-order valence-electron chi connectivity index (χ2n) is 6.57. The van der Waals surface area contributed by atoms with Crippen molar-refractivity contribution in [1.82, 2.24) is 20.2 Å². The van der Waals surface area contributed by atoms with Crippen LogP contribution in [-0.4, -0.2) is 38.4 Å². The van der Waals surface area contributed by atoms with Crippen molar-refractivity contribution >= 4 is 17.5 Å². The van der Waals surface area contributed by atoms with Crippen molar-refractivity contribution in [1.29, 1.82) is 0 Å². The number of tetrazole rings is 1. The topological polar surface area (TPSA) is 69.9 Å². The van der Waals surface area contributed by atoms with E-state index in [0.29, 0.717) is 10.9 Å². The van der Waals surface area contributed by atoms with Crippen molar-refractivity contribution in [2.24, 2.45) is 0 Å². The van der Waals surface area contributed by atoms with Gasteiger partial charge in [0.2, 0.25) is 5.16 Å². The van der Waals surface area contributed by atoms with Crippen LogP contribution in [0.1, 0.15) is 34.3 Å². The Bertz CT molecular complexity index is 986. The van der Waals surface area contributed by atoms with E-state index in [-0.39, 0.29) is 11.0 Å². The third kappa shape index (κ3) is 3.47. The molecule has 0 N–H and O–H groups in total. The molecule has 0 radical (unpaired) electrons. The van der Waals surface area contributed by atoms with Crippen LogP contribution in [-0.2, 0) is 6.42 Å². The molecule has 1 aromatic heterocycles. The van der Waals surface area contributed by atoms with Crippen molar-refractivity contribution in [3.05, 3.63) is 59.2 Å². The van der Waals surface area contributed by atoms with Gasteiger partial charge in [-0.25, -0.2) is 0 Å². The summed E-state index contributed by atoms with van der Waals surface area (Å²) in [5, 5.41) is 12.5. The van der Waals surface area contributed by atoms with Gasteiger partial charge in [-0.05, 0) is 59.9 Å². The molecule has 3 aromatic rings. The molecule has 27 heavy (non-hydrogen) atoms. The first-order valence-corrected chi connectivity index (χ1v) is 9.77. The summed E-state index contributed by atoms with van der Waals surface area (Å²) >= 11 is 1.42. The molecule has 4 rings (SSSR count). The van der Waals surface area contributed by atoms with Gasteiger partial charge in [-0.15, -0.1) is 5.10 Å². The molecule has 0 bridgehead atoms. The van der Waals surface area contributed by atoms with Crippen molar-refractivity contribution in [2.45, 2.75) is 36.6 Å². The number of rotatable bonds is 4. The van der Waals surface area contributed by atoms with Crippen LogP contribution < -0.4 is 4.74 Å². The normalized spacial score (nSPS) is 16.7. The molecule has 6 nitrogen and oxygen atoms in total. The van der Waals surface area contributed by atoms with Crippen molar-refractivity contribution in [3.8, 4) is 11.4 Å². The monoisotopic (exact) mass is 380 g/mol. The smallest absolute Gasteiger partial charge is 0.214 e. The SMILES string of the molecule is COc1ccc(C)cc1-n1nnnc1SC1CCCc2ccccc2C1=O. The number of ether oxygens (including phenoxy) is 1. The lowest BCUT2D eigenvalue weighted by Gasteiger charge is -2.14. The van der Waals surface area contributed by atoms with Crippen LogP contribution in [0.4, 0.5) is 0 Å². The number of thioether (sulfide) groups is 1. The Labute approximate surface area is 161 Å². The highest BCUT2D eigenvalue weighted by Crippen LogP contribution is 2.34. The van der Waals surface area contributed by atoms with Gasteiger partial charge in [0.15, 0.2) is 5.78 Å². The number of Topliss-reactive ketones (excluding diaryl/α,β-unsaturated/α-hetero) is 1. The molecule has 1 aliphatic rings. The molecule has 1 heterocycles. The van der Waals surface area contributed by atoms with E-state index >= 15 is 0 Å². The maximum absolute atomic E-state index is 13.1. The zero-order valence-electron chi connectivity index (χ0n) is 15.3. The summed E-state index contributed by atoms with van der Waals surface area (Å²) in [5.41, 5.74) is 3.80. The Morgan fingerprint density at radius 1 is 1.22 bits per heavy atom. The fraction of sp³-hybridized carbons (Fsp3) is 0.300. The lowest BCUT2D eigenvalue weighted by atomic mass is 10.0. The summed E-state index contributed by atoms with van der Waals surface area (Å²) in [6, 6.07) is 13.7. The lowest BCUT2D eigenvalue weighted by Crippen LogP contribution is -2.17. The average Bonchev–Trinajstić information content (AvgIpc) is 3.08. The first kappa shape index (κ1) is 17.7. The summed E-state index contributed by atoms with van der Waals surface area (Å²) in [5.74, 6) is 0.839. The molecule has 0 fully saturated rings. The second kappa shape index (κ2) is 7.52. The Morgan fingerprint density at radius 3 is 2.93 bits per heavy atom. The van der Waals surface area contributed by atoms with E-state index in [2.05, 4.69) is 15.5 Å². The zero-order chi connectivity index (χ0) is 18.8. The van der Waals surface area contributed by atoms with Gasteiger partial charge in [0, 0.05) is 5.56 Å². The zero-order valence-corrected chi connectivity index (χ0v) is 16.1. The van der Waals surface area contributed by atoms with Crippen LogP contribution in [0.25, 0.3) is 5.69 Å². The molecule has 0 saturated carbocycles. The number of carbonyl (C=O) groups excluding carboxylic acids is 1. The number of nitrogens with zero attached hydrogens (tertiary/aromatic N) is 4. The first-order chi connectivity index (χ1) is 13.2. The van der Waals surface area contributed by atoms with Crippen molar-refractivity contribution in [3.63, 3.8) is 0 Å². The van der Waals surface area contributed by atoms with E-state index in [1.54, 1.807) is 11.8 Å². The summed E-state index contributed by atoms with van der Waals surface area (Å²) in [6.45, 7) is 2.01. The lowest BCUT2D eigenvalue weighted by molar-refractivity contribution is 0.0988. The van der Waals surface area contributed by atoms with E-state index in [4.69, 9.17) is 4.74 Å². The van der Waals surface area contributed by atoms with E-state index < -0.39 is 0 Å². The molecule has 1 unspecified atom stereocenters. The second-order valence-corrected chi connectivity index (χ2v) is 7.74. The van der Waals surface area contributed by atoms with Crippen LogP contribution in [0.2, 0.25) is 0 Å². The maximum atomic E-state index is 13.1. The Morgan fingerprint density at radius 2 is 2.07 bits per heavy atom. The van der Waals surface area contributed by atoms with Crippen LogP contribution in [0.5, 0.6) is 5.75 Å². The highest BCUT2D eigenvalue weighted by molar-refractivity contribution is 8.00. The fourth-order valence-corrected chi connectivity index (χ4v) is 4.46. The quantitative estimate of drug-likeness (QED) is 0.644. The molecule has 7 heteroatoms. The Hall–Kier alpha value is -2.67. The first-order valence-electron chi connectivity index (χ1n) is 8.89. The Kier molecular flexibility index (Phi) is 4.94. The number of hydrogen-bond donors (Lipinski definition) is 0. The number of aryl methyl sites for hydroxylation is 2. The minimum atomic E-state index is -0.200. The fourth-order valence-electron chi connectivity index (χ4n) is 3.37. The molecular formula is C20H20N4O2S. The van der Waals surface area contributed by atoms with Crippen LogP contribution in [0.3, 0.4) is 0 Å². The van der Waals surface area contributed by atoms with Crippen LogP contribution in [0, 0.1) is 6.92 Å². The molecule has 138 valence electrons. The molecule has 0 spiro atoms. The highest BCUT2D eigenvalue weighted by atomic mass is 32.2. The number of ketones is 1. The number of methoxy groups -OCH3 is 1. The largest absolute Gasteiger partial charge is 0.494 e. The molecule has 1 aliphatic carbocycles. The van der Waals surface area contributed by atoms with E-state index in [0.717, 1.165) is 41.6 Å². The minimum absolute atomic E-state index is 0.152. The van der Waals surface area contributed by atoms with Gasteiger partial charge in [0.1, 0.15) is 11.4 Å². The summed E-state index contributed by atoms with van der Waals surface area (Å²) in [7, 11) is 1.62. The van der Waals surface area contributed by atoms with Gasteiger partial charge < -0.3 is 4.74 Å². The van der Waals surface area contributed by atoms with E-state index in [9.17, 15) is 4.79 Å². The standard InChI is InChI=1S/C20H20N4O2S/c1-13-10-11-17(26-2)16(12-13)24-20(21-22-23-24)27-18-9-5-7-14-6-3-4-8-15(14)19(18)25/h3-4,6,8,10-12,18H,5,7,9H2,1-2H3. The molecule has 0 aliphatic heterocycles. The van der Waals surface area contributed by atoms with Crippen LogP contribution in [0.15, 0.2) is 47.6 Å². The highest BCUT2D eigenvalue weighted by Gasteiger charge is 2.28. The van der Waals surface area contributed by atoms with Crippen LogP contribution >= 0.6 is 11.8 Å². The van der Waals surface area contributed by atoms with Gasteiger partial charge in [-0.1, -0.05) is 42.1 Å². The average molecular weight is 380 g/mol.